The number of allylic oxidation sites excluding steroid dienone is 2. The number of hydrogen-bond donors (Lipinski definition) is 2. The molecule has 1 atom stereocenters. The van der Waals surface area contributed by atoms with Gasteiger partial charge in [0, 0.05) is 18.7 Å². The van der Waals surface area contributed by atoms with Crippen molar-refractivity contribution in [3.8, 4) is 0 Å². The van der Waals surface area contributed by atoms with E-state index < -0.39 is 11.6 Å². The van der Waals surface area contributed by atoms with Crippen molar-refractivity contribution >= 4 is 11.6 Å². The van der Waals surface area contributed by atoms with Gasteiger partial charge in [-0.25, -0.2) is 0 Å². The second-order valence-electron chi connectivity index (χ2n) is 3.71. The molecular formula is C11H15NO3. The SMILES string of the molecule is CC[C@H](C)CNC1=CC(=O)C(=O)C=C1O. The molecule has 0 fully saturated rings. The lowest BCUT2D eigenvalue weighted by molar-refractivity contribution is -0.131. The maximum atomic E-state index is 11.0. The summed E-state index contributed by atoms with van der Waals surface area (Å²) >= 11 is 0. The molecular weight excluding hydrogens is 194 g/mol. The van der Waals surface area contributed by atoms with E-state index in [2.05, 4.69) is 19.2 Å². The molecule has 15 heavy (non-hydrogen) atoms. The van der Waals surface area contributed by atoms with E-state index in [0.717, 1.165) is 18.6 Å². The molecule has 0 unspecified atom stereocenters. The minimum atomic E-state index is -0.679. The third kappa shape index (κ3) is 2.94. The normalized spacial score (nSPS) is 18.3. The van der Waals surface area contributed by atoms with Crippen molar-refractivity contribution in [3.05, 3.63) is 23.6 Å². The van der Waals surface area contributed by atoms with Crippen molar-refractivity contribution in [1.82, 2.24) is 5.32 Å². The van der Waals surface area contributed by atoms with E-state index in [1.807, 2.05) is 0 Å². The number of carbonyl (C=O) groups is 2. The van der Waals surface area contributed by atoms with Gasteiger partial charge in [0.15, 0.2) is 0 Å². The van der Waals surface area contributed by atoms with Gasteiger partial charge in [-0.1, -0.05) is 20.3 Å². The molecule has 2 N–H and O–H groups in total. The molecule has 0 spiro atoms. The number of aliphatic hydroxyl groups is 1. The molecule has 0 aromatic heterocycles. The zero-order valence-corrected chi connectivity index (χ0v) is 8.91. The molecule has 0 aromatic carbocycles. The maximum absolute atomic E-state index is 11.0. The molecule has 82 valence electrons. The first-order valence-electron chi connectivity index (χ1n) is 4.99. The Bertz CT molecular complexity index is 342. The van der Waals surface area contributed by atoms with Gasteiger partial charge in [-0.05, 0) is 5.92 Å². The number of aliphatic hydroxyl groups excluding tert-OH is 1. The van der Waals surface area contributed by atoms with Gasteiger partial charge in [0.2, 0.25) is 11.6 Å². The summed E-state index contributed by atoms with van der Waals surface area (Å²) in [5.41, 5.74) is 0.333. The van der Waals surface area contributed by atoms with Crippen molar-refractivity contribution in [3.63, 3.8) is 0 Å². The van der Waals surface area contributed by atoms with Gasteiger partial charge in [0.05, 0.1) is 5.70 Å². The first-order valence-corrected chi connectivity index (χ1v) is 4.99. The summed E-state index contributed by atoms with van der Waals surface area (Å²) in [5.74, 6) is -0.990. The summed E-state index contributed by atoms with van der Waals surface area (Å²) in [6.45, 7) is 4.79. The zero-order valence-electron chi connectivity index (χ0n) is 8.91. The average molecular weight is 209 g/mol. The second kappa shape index (κ2) is 4.77. The lowest BCUT2D eigenvalue weighted by Gasteiger charge is -2.15. The molecule has 1 aliphatic rings. The molecule has 4 heteroatoms. The van der Waals surface area contributed by atoms with Crippen LogP contribution >= 0.6 is 0 Å². The Morgan fingerprint density at radius 2 is 1.93 bits per heavy atom. The molecule has 0 radical (unpaired) electrons. The van der Waals surface area contributed by atoms with Crippen molar-refractivity contribution in [1.29, 1.82) is 0 Å². The van der Waals surface area contributed by atoms with Gasteiger partial charge >= 0.3 is 0 Å². The van der Waals surface area contributed by atoms with Crippen molar-refractivity contribution in [2.75, 3.05) is 6.54 Å². The highest BCUT2D eigenvalue weighted by atomic mass is 16.3. The van der Waals surface area contributed by atoms with Gasteiger partial charge in [-0.2, -0.15) is 0 Å². The van der Waals surface area contributed by atoms with Crippen LogP contribution in [-0.4, -0.2) is 23.2 Å². The predicted octanol–water partition coefficient (Wildman–Crippen LogP) is 1.10. The Labute approximate surface area is 88.7 Å². The van der Waals surface area contributed by atoms with E-state index in [1.54, 1.807) is 0 Å². The van der Waals surface area contributed by atoms with Crippen molar-refractivity contribution < 1.29 is 14.7 Å². The summed E-state index contributed by atoms with van der Waals surface area (Å²) in [6, 6.07) is 0. The first-order chi connectivity index (χ1) is 7.04. The molecule has 1 aliphatic carbocycles. The highest BCUT2D eigenvalue weighted by Crippen LogP contribution is 2.10. The van der Waals surface area contributed by atoms with Crippen molar-refractivity contribution in [2.45, 2.75) is 20.3 Å². The lowest BCUT2D eigenvalue weighted by Crippen LogP contribution is -2.26. The van der Waals surface area contributed by atoms with E-state index in [1.165, 1.54) is 0 Å². The number of nitrogens with one attached hydrogen (secondary N) is 1. The Kier molecular flexibility index (Phi) is 3.66. The Hall–Kier alpha value is -1.58. The predicted molar refractivity (Wildman–Crippen MR) is 56.3 cm³/mol. The van der Waals surface area contributed by atoms with E-state index in [4.69, 9.17) is 0 Å². The quantitative estimate of drug-likeness (QED) is 0.537. The summed E-state index contributed by atoms with van der Waals surface area (Å²) in [6.07, 6.45) is 3.10. The zero-order chi connectivity index (χ0) is 11.4. The third-order valence-electron chi connectivity index (χ3n) is 2.40. The molecule has 0 amide bonds. The molecule has 0 bridgehead atoms. The van der Waals surface area contributed by atoms with E-state index in [0.29, 0.717) is 18.2 Å². The lowest BCUT2D eigenvalue weighted by atomic mass is 10.1. The third-order valence-corrected chi connectivity index (χ3v) is 2.40. The maximum Gasteiger partial charge on any atom is 0.229 e. The van der Waals surface area contributed by atoms with E-state index in [-0.39, 0.29) is 5.76 Å². The minimum Gasteiger partial charge on any atom is -0.506 e. The number of hydrogen-bond acceptors (Lipinski definition) is 4. The van der Waals surface area contributed by atoms with Gasteiger partial charge in [-0.3, -0.25) is 9.59 Å². The Morgan fingerprint density at radius 1 is 1.33 bits per heavy atom. The summed E-state index contributed by atoms with van der Waals surface area (Å²) in [4.78, 5) is 21.9. The number of rotatable bonds is 4. The molecule has 4 nitrogen and oxygen atoms in total. The summed E-state index contributed by atoms with van der Waals surface area (Å²) in [5, 5.41) is 12.3. The van der Waals surface area contributed by atoms with Crippen LogP contribution in [-0.2, 0) is 9.59 Å². The second-order valence-corrected chi connectivity index (χ2v) is 3.71. The number of carbonyl (C=O) groups excluding carboxylic acids is 2. The van der Waals surface area contributed by atoms with Crippen LogP contribution in [0.1, 0.15) is 20.3 Å². The Balaban J connectivity index is 2.63. The average Bonchev–Trinajstić information content (AvgIpc) is 2.21. The topological polar surface area (TPSA) is 66.4 Å². The van der Waals surface area contributed by atoms with Crippen LogP contribution in [0.3, 0.4) is 0 Å². The first kappa shape index (κ1) is 11.5. The van der Waals surface area contributed by atoms with Gasteiger partial charge in [0.25, 0.3) is 0 Å². The highest BCUT2D eigenvalue weighted by Gasteiger charge is 2.19. The van der Waals surface area contributed by atoms with Gasteiger partial charge in [-0.15, -0.1) is 0 Å². The van der Waals surface area contributed by atoms with E-state index >= 15 is 0 Å². The van der Waals surface area contributed by atoms with Crippen LogP contribution in [0.15, 0.2) is 23.6 Å². The van der Waals surface area contributed by atoms with Crippen molar-refractivity contribution in [2.24, 2.45) is 5.92 Å². The standard InChI is InChI=1S/C11H15NO3/c1-3-7(2)6-12-8-4-10(14)11(15)5-9(8)13/h4-5,7,12-13H,3,6H2,1-2H3/t7-/m0/s1. The van der Waals surface area contributed by atoms with Crippen LogP contribution in [0, 0.1) is 5.92 Å². The molecule has 0 saturated heterocycles. The van der Waals surface area contributed by atoms with Crippen LogP contribution < -0.4 is 5.32 Å². The van der Waals surface area contributed by atoms with Crippen LogP contribution in [0.2, 0.25) is 0 Å². The molecule has 0 heterocycles. The summed E-state index contributed by atoms with van der Waals surface area (Å²) in [7, 11) is 0. The Morgan fingerprint density at radius 3 is 2.53 bits per heavy atom. The fourth-order valence-electron chi connectivity index (χ4n) is 1.12. The van der Waals surface area contributed by atoms with Crippen LogP contribution in [0.5, 0.6) is 0 Å². The highest BCUT2D eigenvalue weighted by molar-refractivity contribution is 6.46. The van der Waals surface area contributed by atoms with Gasteiger partial charge < -0.3 is 10.4 Å². The largest absolute Gasteiger partial charge is 0.506 e. The minimum absolute atomic E-state index is 0.164. The fraction of sp³-hybridized carbons (Fsp3) is 0.455. The van der Waals surface area contributed by atoms with Gasteiger partial charge in [0.1, 0.15) is 5.76 Å². The smallest absolute Gasteiger partial charge is 0.229 e. The molecule has 1 rings (SSSR count). The van der Waals surface area contributed by atoms with E-state index in [9.17, 15) is 14.7 Å². The van der Waals surface area contributed by atoms with Crippen LogP contribution in [0.25, 0.3) is 0 Å². The number of ketones is 2. The molecule has 0 aliphatic heterocycles. The summed E-state index contributed by atoms with van der Waals surface area (Å²) < 4.78 is 0. The monoisotopic (exact) mass is 209 g/mol. The molecule has 0 aromatic rings. The fourth-order valence-corrected chi connectivity index (χ4v) is 1.12. The van der Waals surface area contributed by atoms with Crippen LogP contribution in [0.4, 0.5) is 0 Å². The molecule has 0 saturated carbocycles.